The van der Waals surface area contributed by atoms with Gasteiger partial charge in [-0.2, -0.15) is 0 Å². The number of ether oxygens (including phenoxy) is 2. The normalized spacial score (nSPS) is 12.1. The van der Waals surface area contributed by atoms with Crippen molar-refractivity contribution in [3.05, 3.63) is 60.2 Å². The van der Waals surface area contributed by atoms with Gasteiger partial charge in [0.2, 0.25) is 10.0 Å². The van der Waals surface area contributed by atoms with Crippen LogP contribution in [0.25, 0.3) is 0 Å². The molecule has 0 aromatic heterocycles. The van der Waals surface area contributed by atoms with E-state index in [1.807, 2.05) is 12.1 Å². The first-order valence-corrected chi connectivity index (χ1v) is 10.4. The highest BCUT2D eigenvalue weighted by Gasteiger charge is 2.18. The van der Waals surface area contributed by atoms with Crippen molar-refractivity contribution >= 4 is 21.9 Å². The van der Waals surface area contributed by atoms with E-state index in [4.69, 9.17) is 9.47 Å². The molecule has 0 unspecified atom stereocenters. The van der Waals surface area contributed by atoms with E-state index < -0.39 is 28.0 Å². The molecule has 1 atom stereocenters. The summed E-state index contributed by atoms with van der Waals surface area (Å²) in [6.45, 7) is 1.60. The predicted octanol–water partition coefficient (Wildman–Crippen LogP) is 1.61. The first kappa shape index (κ1) is 22.4. The number of carbonyl (C=O) groups is 2. The molecule has 2 rings (SSSR count). The van der Waals surface area contributed by atoms with Crippen LogP contribution in [-0.2, 0) is 30.9 Å². The van der Waals surface area contributed by atoms with Crippen LogP contribution >= 0.6 is 0 Å². The van der Waals surface area contributed by atoms with Gasteiger partial charge in [-0.3, -0.25) is 9.59 Å². The van der Waals surface area contributed by atoms with Crippen LogP contribution in [0.2, 0.25) is 0 Å². The van der Waals surface area contributed by atoms with Crippen LogP contribution in [0.4, 0.5) is 0 Å². The summed E-state index contributed by atoms with van der Waals surface area (Å²) in [5.74, 6) is -0.405. The van der Waals surface area contributed by atoms with Crippen molar-refractivity contribution in [2.75, 3.05) is 13.7 Å². The minimum absolute atomic E-state index is 0.111. The average molecular weight is 420 g/mol. The molecule has 0 bridgehead atoms. The Bertz CT molecular complexity index is 914. The van der Waals surface area contributed by atoms with E-state index in [0.29, 0.717) is 5.75 Å². The van der Waals surface area contributed by atoms with E-state index in [2.05, 4.69) is 10.0 Å². The lowest BCUT2D eigenvalue weighted by molar-refractivity contribution is -0.154. The number of rotatable bonds is 10. The van der Waals surface area contributed by atoms with Crippen molar-refractivity contribution in [2.45, 2.75) is 30.9 Å². The molecule has 0 aliphatic rings. The summed E-state index contributed by atoms with van der Waals surface area (Å²) in [7, 11) is -2.12. The number of sulfonamides is 1. The number of benzene rings is 2. The van der Waals surface area contributed by atoms with Gasteiger partial charge in [0.1, 0.15) is 5.75 Å². The topological polar surface area (TPSA) is 111 Å². The second-order valence-corrected chi connectivity index (χ2v) is 7.93. The molecular formula is C20H24N2O6S. The van der Waals surface area contributed by atoms with Gasteiger partial charge < -0.3 is 14.8 Å². The lowest BCUT2D eigenvalue weighted by Crippen LogP contribution is -2.36. The molecule has 0 saturated carbocycles. The maximum atomic E-state index is 12.1. The summed E-state index contributed by atoms with van der Waals surface area (Å²) in [5.41, 5.74) is 0.869. The summed E-state index contributed by atoms with van der Waals surface area (Å²) in [4.78, 5) is 24.1. The first-order valence-electron chi connectivity index (χ1n) is 8.96. The molecule has 0 saturated heterocycles. The number of carbonyl (C=O) groups excluding carboxylic acids is 2. The summed E-state index contributed by atoms with van der Waals surface area (Å²) in [5, 5.41) is 2.67. The highest BCUT2D eigenvalue weighted by Crippen LogP contribution is 2.11. The summed E-state index contributed by atoms with van der Waals surface area (Å²) in [6, 6.07) is 15.0. The fourth-order valence-corrected chi connectivity index (χ4v) is 3.41. The molecule has 8 nitrogen and oxygen atoms in total. The van der Waals surface area contributed by atoms with Gasteiger partial charge in [0.25, 0.3) is 5.91 Å². The van der Waals surface area contributed by atoms with Crippen LogP contribution in [0.3, 0.4) is 0 Å². The largest absolute Gasteiger partial charge is 0.497 e. The van der Waals surface area contributed by atoms with Crippen LogP contribution in [0, 0.1) is 0 Å². The van der Waals surface area contributed by atoms with Crippen molar-refractivity contribution in [2.24, 2.45) is 0 Å². The van der Waals surface area contributed by atoms with Crippen molar-refractivity contribution in [3.8, 4) is 5.75 Å². The first-order chi connectivity index (χ1) is 13.8. The number of hydrogen-bond acceptors (Lipinski definition) is 6. The van der Waals surface area contributed by atoms with Gasteiger partial charge in [-0.25, -0.2) is 13.1 Å². The molecule has 9 heteroatoms. The van der Waals surface area contributed by atoms with Crippen LogP contribution < -0.4 is 14.8 Å². The Morgan fingerprint density at radius 1 is 1.03 bits per heavy atom. The minimum atomic E-state index is -3.69. The van der Waals surface area contributed by atoms with Gasteiger partial charge in [0.05, 0.1) is 18.4 Å². The van der Waals surface area contributed by atoms with E-state index in [-0.39, 0.29) is 24.4 Å². The Morgan fingerprint density at radius 3 is 2.31 bits per heavy atom. The predicted molar refractivity (Wildman–Crippen MR) is 107 cm³/mol. The van der Waals surface area contributed by atoms with Crippen molar-refractivity contribution in [3.63, 3.8) is 0 Å². The highest BCUT2D eigenvalue weighted by atomic mass is 32.2. The van der Waals surface area contributed by atoms with Gasteiger partial charge in [0.15, 0.2) is 6.10 Å². The van der Waals surface area contributed by atoms with Gasteiger partial charge in [-0.1, -0.05) is 30.3 Å². The third kappa shape index (κ3) is 7.20. The fraction of sp³-hybridized carbons (Fsp3) is 0.300. The zero-order valence-electron chi connectivity index (χ0n) is 16.3. The van der Waals surface area contributed by atoms with E-state index in [1.54, 1.807) is 37.4 Å². The molecule has 1 amide bonds. The zero-order chi connectivity index (χ0) is 21.3. The van der Waals surface area contributed by atoms with Crippen LogP contribution in [-0.4, -0.2) is 40.1 Å². The van der Waals surface area contributed by atoms with Gasteiger partial charge in [-0.05, 0) is 36.8 Å². The number of hydrogen-bond donors (Lipinski definition) is 2. The zero-order valence-corrected chi connectivity index (χ0v) is 17.1. The lowest BCUT2D eigenvalue weighted by atomic mass is 10.2. The quantitative estimate of drug-likeness (QED) is 0.565. The van der Waals surface area contributed by atoms with Gasteiger partial charge in [-0.15, -0.1) is 0 Å². The van der Waals surface area contributed by atoms with Crippen molar-refractivity contribution < 1.29 is 27.5 Å². The van der Waals surface area contributed by atoms with E-state index in [1.165, 1.54) is 19.1 Å². The lowest BCUT2D eigenvalue weighted by Gasteiger charge is -2.14. The molecule has 2 aromatic carbocycles. The number of esters is 1. The minimum Gasteiger partial charge on any atom is -0.497 e. The Morgan fingerprint density at radius 2 is 1.69 bits per heavy atom. The van der Waals surface area contributed by atoms with E-state index >= 15 is 0 Å². The van der Waals surface area contributed by atoms with Crippen LogP contribution in [0.15, 0.2) is 59.5 Å². The van der Waals surface area contributed by atoms with Crippen LogP contribution in [0.1, 0.15) is 18.9 Å². The fourth-order valence-electron chi connectivity index (χ4n) is 2.36. The van der Waals surface area contributed by atoms with Crippen molar-refractivity contribution in [1.82, 2.24) is 10.0 Å². The molecule has 29 heavy (non-hydrogen) atoms. The number of nitrogens with one attached hydrogen (secondary N) is 2. The third-order valence-corrected chi connectivity index (χ3v) is 5.45. The molecule has 156 valence electrons. The summed E-state index contributed by atoms with van der Waals surface area (Å²) in [6.07, 6.45) is -1.19. The van der Waals surface area contributed by atoms with Gasteiger partial charge >= 0.3 is 5.97 Å². The molecule has 0 aliphatic heterocycles. The average Bonchev–Trinajstić information content (AvgIpc) is 2.72. The molecule has 2 aromatic rings. The maximum Gasteiger partial charge on any atom is 0.307 e. The molecule has 0 radical (unpaired) electrons. The van der Waals surface area contributed by atoms with E-state index in [9.17, 15) is 18.0 Å². The summed E-state index contributed by atoms with van der Waals surface area (Å²) >= 11 is 0. The Hall–Kier alpha value is -2.91. The SMILES string of the molecule is COc1ccc(CNC(=O)[C@@H](C)OC(=O)CCNS(=O)(=O)c2ccccc2)cc1. The number of amides is 1. The molecule has 0 heterocycles. The van der Waals surface area contributed by atoms with Crippen LogP contribution in [0.5, 0.6) is 5.75 Å². The second kappa shape index (κ2) is 10.6. The smallest absolute Gasteiger partial charge is 0.307 e. The summed E-state index contributed by atoms with van der Waals surface area (Å²) < 4.78 is 36.6. The van der Waals surface area contributed by atoms with Crippen molar-refractivity contribution in [1.29, 1.82) is 0 Å². The Labute approximate surface area is 170 Å². The molecule has 0 spiro atoms. The second-order valence-electron chi connectivity index (χ2n) is 6.16. The molecule has 0 aliphatic carbocycles. The monoisotopic (exact) mass is 420 g/mol. The van der Waals surface area contributed by atoms with E-state index in [0.717, 1.165) is 5.56 Å². The third-order valence-electron chi connectivity index (χ3n) is 3.98. The Balaban J connectivity index is 1.72. The highest BCUT2D eigenvalue weighted by molar-refractivity contribution is 7.89. The number of methoxy groups -OCH3 is 1. The molecule has 2 N–H and O–H groups in total. The van der Waals surface area contributed by atoms with Gasteiger partial charge in [0, 0.05) is 13.1 Å². The Kier molecular flexibility index (Phi) is 8.17. The maximum absolute atomic E-state index is 12.1. The standard InChI is InChI=1S/C20H24N2O6S/c1-15(20(24)21-14-16-8-10-17(27-2)11-9-16)28-19(23)12-13-22-29(25,26)18-6-4-3-5-7-18/h3-11,15,22H,12-14H2,1-2H3,(H,21,24)/t15-/m1/s1. The molecule has 0 fully saturated rings. The molecular weight excluding hydrogens is 396 g/mol.